The van der Waals surface area contributed by atoms with Gasteiger partial charge in [0, 0.05) is 18.0 Å². The first kappa shape index (κ1) is 18.2. The van der Waals surface area contributed by atoms with E-state index >= 15 is 0 Å². The van der Waals surface area contributed by atoms with Gasteiger partial charge in [-0.05, 0) is 43.4 Å². The number of rotatable bonds is 2. The molecule has 0 spiro atoms. The molecule has 0 aliphatic carbocycles. The molecule has 1 fully saturated rings. The molecule has 3 heteroatoms. The molecule has 1 unspecified atom stereocenters. The molecule has 0 aromatic carbocycles. The van der Waals surface area contributed by atoms with Crippen LogP contribution in [0.1, 0.15) is 68.7 Å². The van der Waals surface area contributed by atoms with Gasteiger partial charge in [0.25, 0.3) is 0 Å². The van der Waals surface area contributed by atoms with Crippen molar-refractivity contribution in [1.82, 2.24) is 4.90 Å². The van der Waals surface area contributed by atoms with Crippen LogP contribution < -0.4 is 0 Å². The molecule has 3 nitrogen and oxygen atoms in total. The van der Waals surface area contributed by atoms with Crippen molar-refractivity contribution in [2.24, 2.45) is 22.2 Å². The molecule has 0 saturated carbocycles. The van der Waals surface area contributed by atoms with Gasteiger partial charge in [-0.1, -0.05) is 41.5 Å². The fraction of sp³-hybridized carbons (Fsp3) is 0.889. The van der Waals surface area contributed by atoms with Gasteiger partial charge in [0.15, 0.2) is 0 Å². The Labute approximate surface area is 130 Å². The van der Waals surface area contributed by atoms with Crippen molar-refractivity contribution < 1.29 is 9.59 Å². The van der Waals surface area contributed by atoms with E-state index < -0.39 is 0 Å². The van der Waals surface area contributed by atoms with Crippen LogP contribution in [0, 0.1) is 22.2 Å². The fourth-order valence-corrected chi connectivity index (χ4v) is 3.50. The molecule has 0 N–H and O–H groups in total. The Morgan fingerprint density at radius 1 is 1.00 bits per heavy atom. The molecule has 0 bridgehead atoms. The van der Waals surface area contributed by atoms with Crippen LogP contribution in [0.2, 0.25) is 0 Å². The summed E-state index contributed by atoms with van der Waals surface area (Å²) in [5.74, 6) is 0.175. The van der Waals surface area contributed by atoms with Crippen molar-refractivity contribution in [3.63, 3.8) is 0 Å². The maximum Gasteiger partial charge on any atom is 0.210 e. The molecule has 1 saturated heterocycles. The largest absolute Gasteiger partial charge is 0.339 e. The standard InChI is InChI=1S/C18H33NO2/c1-13(21)14-10-15(2,3)16(4,5)11-19(12-20)18(8,9)17(14,6)7/h12,14H,10-11H2,1-9H3. The molecular weight excluding hydrogens is 262 g/mol. The quantitative estimate of drug-likeness (QED) is 0.724. The summed E-state index contributed by atoms with van der Waals surface area (Å²) >= 11 is 0. The number of nitrogens with zero attached hydrogens (tertiary/aromatic N) is 1. The van der Waals surface area contributed by atoms with Crippen LogP contribution in [0.4, 0.5) is 0 Å². The first-order valence-electron chi connectivity index (χ1n) is 7.93. The number of likely N-dealkylation sites (tertiary alicyclic amines) is 1. The lowest BCUT2D eigenvalue weighted by Gasteiger charge is -2.59. The Morgan fingerprint density at radius 2 is 1.48 bits per heavy atom. The minimum atomic E-state index is -0.362. The van der Waals surface area contributed by atoms with Gasteiger partial charge < -0.3 is 4.90 Å². The highest BCUT2D eigenvalue weighted by molar-refractivity contribution is 5.79. The molecule has 0 aromatic heterocycles. The van der Waals surface area contributed by atoms with Crippen LogP contribution in [-0.4, -0.2) is 29.2 Å². The molecule has 1 heterocycles. The highest BCUT2D eigenvalue weighted by Gasteiger charge is 2.54. The first-order valence-corrected chi connectivity index (χ1v) is 7.93. The van der Waals surface area contributed by atoms with E-state index in [0.29, 0.717) is 6.54 Å². The van der Waals surface area contributed by atoms with Gasteiger partial charge in [-0.3, -0.25) is 9.59 Å². The lowest BCUT2D eigenvalue weighted by Crippen LogP contribution is -2.63. The lowest BCUT2D eigenvalue weighted by atomic mass is 9.54. The number of carbonyl (C=O) groups excluding carboxylic acids is 2. The Hall–Kier alpha value is -0.860. The van der Waals surface area contributed by atoms with E-state index in [1.807, 2.05) is 4.90 Å². The fourth-order valence-electron chi connectivity index (χ4n) is 3.50. The third-order valence-electron chi connectivity index (χ3n) is 6.90. The van der Waals surface area contributed by atoms with Crippen molar-refractivity contribution >= 4 is 12.2 Å². The Morgan fingerprint density at radius 3 is 1.86 bits per heavy atom. The van der Waals surface area contributed by atoms with Crippen molar-refractivity contribution in [2.45, 2.75) is 74.3 Å². The van der Waals surface area contributed by atoms with E-state index in [0.717, 1.165) is 12.8 Å². The number of carbonyl (C=O) groups is 2. The zero-order chi connectivity index (χ0) is 16.9. The molecule has 1 aliphatic rings. The zero-order valence-electron chi connectivity index (χ0n) is 15.3. The smallest absolute Gasteiger partial charge is 0.210 e. The highest BCUT2D eigenvalue weighted by atomic mass is 16.1. The van der Waals surface area contributed by atoms with Gasteiger partial charge >= 0.3 is 0 Å². The molecule has 122 valence electrons. The van der Waals surface area contributed by atoms with Gasteiger partial charge in [-0.15, -0.1) is 0 Å². The van der Waals surface area contributed by atoms with Crippen molar-refractivity contribution in [3.8, 4) is 0 Å². The Kier molecular flexibility index (Phi) is 4.42. The maximum absolute atomic E-state index is 12.4. The second kappa shape index (κ2) is 5.10. The molecule has 1 atom stereocenters. The summed E-state index contributed by atoms with van der Waals surface area (Å²) in [6.45, 7) is 19.7. The van der Waals surface area contributed by atoms with Gasteiger partial charge in [-0.25, -0.2) is 0 Å². The van der Waals surface area contributed by atoms with E-state index in [1.165, 1.54) is 0 Å². The summed E-state index contributed by atoms with van der Waals surface area (Å²) in [6.07, 6.45) is 1.82. The van der Waals surface area contributed by atoms with Crippen LogP contribution in [0.5, 0.6) is 0 Å². The summed E-state index contributed by atoms with van der Waals surface area (Å²) in [5, 5.41) is 0. The first-order chi connectivity index (χ1) is 9.20. The molecular formula is C18H33NO2. The SMILES string of the molecule is CC(=O)C1CC(C)(C)C(C)(C)CN(C=O)C(C)(C)C1(C)C. The topological polar surface area (TPSA) is 37.4 Å². The number of hydrogen-bond acceptors (Lipinski definition) is 2. The summed E-state index contributed by atoms with van der Waals surface area (Å²) < 4.78 is 0. The van der Waals surface area contributed by atoms with Crippen LogP contribution in [0.3, 0.4) is 0 Å². The predicted molar refractivity (Wildman–Crippen MR) is 87.0 cm³/mol. The van der Waals surface area contributed by atoms with Crippen LogP contribution in [0.25, 0.3) is 0 Å². The van der Waals surface area contributed by atoms with Gasteiger partial charge in [0.05, 0.1) is 0 Å². The molecule has 21 heavy (non-hydrogen) atoms. The Balaban J connectivity index is 3.51. The maximum atomic E-state index is 12.4. The monoisotopic (exact) mass is 295 g/mol. The van der Waals surface area contributed by atoms with Gasteiger partial charge in [0.2, 0.25) is 6.41 Å². The van der Waals surface area contributed by atoms with Gasteiger partial charge in [0.1, 0.15) is 5.78 Å². The molecule has 1 rings (SSSR count). The van der Waals surface area contributed by atoms with E-state index in [9.17, 15) is 9.59 Å². The number of hydrogen-bond donors (Lipinski definition) is 0. The number of ketones is 1. The number of Topliss-reactive ketones (excluding diaryl/α,β-unsaturated/α-hetero) is 1. The molecule has 1 amide bonds. The van der Waals surface area contributed by atoms with Crippen molar-refractivity contribution in [1.29, 1.82) is 0 Å². The van der Waals surface area contributed by atoms with Crippen molar-refractivity contribution in [2.75, 3.05) is 6.54 Å². The summed E-state index contributed by atoms with van der Waals surface area (Å²) in [4.78, 5) is 26.0. The van der Waals surface area contributed by atoms with E-state index in [2.05, 4.69) is 55.4 Å². The Bertz CT molecular complexity index is 432. The van der Waals surface area contributed by atoms with E-state index in [4.69, 9.17) is 0 Å². The van der Waals surface area contributed by atoms with Crippen LogP contribution >= 0.6 is 0 Å². The second-order valence-corrected chi connectivity index (χ2v) is 9.15. The average molecular weight is 295 g/mol. The highest BCUT2D eigenvalue weighted by Crippen LogP contribution is 2.54. The summed E-state index contributed by atoms with van der Waals surface area (Å²) in [7, 11) is 0. The zero-order valence-corrected chi connectivity index (χ0v) is 15.3. The summed E-state index contributed by atoms with van der Waals surface area (Å²) in [6, 6.07) is 0. The predicted octanol–water partition coefficient (Wildman–Crippen LogP) is 3.91. The van der Waals surface area contributed by atoms with Gasteiger partial charge in [-0.2, -0.15) is 0 Å². The summed E-state index contributed by atoms with van der Waals surface area (Å²) in [5.41, 5.74) is -0.694. The third kappa shape index (κ3) is 2.76. The normalized spacial score (nSPS) is 30.1. The lowest BCUT2D eigenvalue weighted by molar-refractivity contribution is -0.152. The van der Waals surface area contributed by atoms with Crippen LogP contribution in [0.15, 0.2) is 0 Å². The van der Waals surface area contributed by atoms with Crippen molar-refractivity contribution in [3.05, 3.63) is 0 Å². The number of amides is 1. The minimum Gasteiger partial charge on any atom is -0.339 e. The van der Waals surface area contributed by atoms with Crippen LogP contribution in [-0.2, 0) is 9.59 Å². The van der Waals surface area contributed by atoms with E-state index in [1.54, 1.807) is 6.92 Å². The third-order valence-corrected chi connectivity index (χ3v) is 6.90. The van der Waals surface area contributed by atoms with E-state index in [-0.39, 0.29) is 33.5 Å². The average Bonchev–Trinajstić information content (AvgIpc) is 2.30. The molecule has 0 radical (unpaired) electrons. The molecule has 0 aromatic rings. The minimum absolute atomic E-state index is 0.0155. The second-order valence-electron chi connectivity index (χ2n) is 9.15. The molecule has 1 aliphatic heterocycles.